The van der Waals surface area contributed by atoms with Crippen molar-refractivity contribution in [2.24, 2.45) is 0 Å². The number of methoxy groups -OCH3 is 1. The topological polar surface area (TPSA) is 83.9 Å². The standard InChI is InChI=1S/C7H15NO5S/c1-8(4-3-7(10)13-2)14(11,12)6-5-9/h9H,3-6H2,1-2H3. The molecule has 0 amide bonds. The Morgan fingerprint density at radius 3 is 2.50 bits per heavy atom. The van der Waals surface area contributed by atoms with Crippen LogP contribution < -0.4 is 0 Å². The van der Waals surface area contributed by atoms with Crippen molar-refractivity contribution >= 4 is 16.0 Å². The number of aliphatic hydroxyl groups excluding tert-OH is 1. The van der Waals surface area contributed by atoms with E-state index >= 15 is 0 Å². The number of hydrogen-bond donors (Lipinski definition) is 1. The van der Waals surface area contributed by atoms with Crippen molar-refractivity contribution in [3.63, 3.8) is 0 Å². The van der Waals surface area contributed by atoms with Crippen LogP contribution in [0.3, 0.4) is 0 Å². The van der Waals surface area contributed by atoms with Crippen LogP contribution in [0.4, 0.5) is 0 Å². The highest BCUT2D eigenvalue weighted by Gasteiger charge is 2.17. The third-order valence-electron chi connectivity index (χ3n) is 1.68. The fourth-order valence-corrected chi connectivity index (χ4v) is 1.67. The van der Waals surface area contributed by atoms with Gasteiger partial charge in [-0.3, -0.25) is 4.79 Å². The van der Waals surface area contributed by atoms with Crippen LogP contribution >= 0.6 is 0 Å². The maximum Gasteiger partial charge on any atom is 0.306 e. The zero-order chi connectivity index (χ0) is 11.2. The fraction of sp³-hybridized carbons (Fsp3) is 0.857. The number of carbonyl (C=O) groups excluding carboxylic acids is 1. The Labute approximate surface area is 83.5 Å². The molecule has 0 saturated heterocycles. The second-order valence-electron chi connectivity index (χ2n) is 2.69. The number of hydrogen-bond acceptors (Lipinski definition) is 5. The highest BCUT2D eigenvalue weighted by atomic mass is 32.2. The van der Waals surface area contributed by atoms with E-state index in [2.05, 4.69) is 4.74 Å². The number of esters is 1. The lowest BCUT2D eigenvalue weighted by Crippen LogP contribution is -2.32. The smallest absolute Gasteiger partial charge is 0.306 e. The van der Waals surface area contributed by atoms with E-state index in [4.69, 9.17) is 5.11 Å². The first-order chi connectivity index (χ1) is 6.44. The lowest BCUT2D eigenvalue weighted by atomic mass is 10.4. The van der Waals surface area contributed by atoms with Crippen LogP contribution in [-0.2, 0) is 19.6 Å². The van der Waals surface area contributed by atoms with E-state index in [9.17, 15) is 13.2 Å². The molecular formula is C7H15NO5S. The van der Waals surface area contributed by atoms with E-state index in [1.807, 2.05) is 0 Å². The number of carbonyl (C=O) groups is 1. The highest BCUT2D eigenvalue weighted by Crippen LogP contribution is 1.99. The molecule has 0 fully saturated rings. The Morgan fingerprint density at radius 2 is 2.07 bits per heavy atom. The van der Waals surface area contributed by atoms with E-state index in [0.717, 1.165) is 4.31 Å². The van der Waals surface area contributed by atoms with Crippen LogP contribution in [-0.4, -0.2) is 56.9 Å². The summed E-state index contributed by atoms with van der Waals surface area (Å²) in [5, 5.41) is 8.48. The molecule has 84 valence electrons. The van der Waals surface area contributed by atoms with Gasteiger partial charge in [-0.2, -0.15) is 0 Å². The summed E-state index contributed by atoms with van der Waals surface area (Å²) in [5.74, 6) is -0.791. The van der Waals surface area contributed by atoms with Gasteiger partial charge < -0.3 is 9.84 Å². The molecule has 0 spiro atoms. The maximum absolute atomic E-state index is 11.2. The summed E-state index contributed by atoms with van der Waals surface area (Å²) in [6.45, 7) is -0.361. The first-order valence-corrected chi connectivity index (χ1v) is 5.66. The minimum Gasteiger partial charge on any atom is -0.469 e. The lowest BCUT2D eigenvalue weighted by Gasteiger charge is -2.15. The van der Waals surface area contributed by atoms with Gasteiger partial charge in [0.15, 0.2) is 0 Å². The van der Waals surface area contributed by atoms with Gasteiger partial charge in [-0.15, -0.1) is 0 Å². The third kappa shape index (κ3) is 4.54. The van der Waals surface area contributed by atoms with Crippen molar-refractivity contribution in [1.29, 1.82) is 0 Å². The summed E-state index contributed by atoms with van der Waals surface area (Å²) < 4.78 is 27.9. The predicted molar refractivity (Wildman–Crippen MR) is 50.1 cm³/mol. The molecule has 0 aromatic rings. The van der Waals surface area contributed by atoms with E-state index in [1.54, 1.807) is 0 Å². The number of nitrogens with zero attached hydrogens (tertiary/aromatic N) is 1. The Hall–Kier alpha value is -0.660. The molecule has 0 heterocycles. The number of ether oxygens (including phenoxy) is 1. The van der Waals surface area contributed by atoms with Gasteiger partial charge >= 0.3 is 5.97 Å². The normalized spacial score (nSPS) is 11.7. The molecule has 0 aromatic heterocycles. The van der Waals surface area contributed by atoms with Crippen LogP contribution in [0.2, 0.25) is 0 Å². The molecule has 6 nitrogen and oxygen atoms in total. The average Bonchev–Trinajstić information content (AvgIpc) is 2.13. The summed E-state index contributed by atoms with van der Waals surface area (Å²) in [4.78, 5) is 10.7. The Morgan fingerprint density at radius 1 is 1.50 bits per heavy atom. The fourth-order valence-electron chi connectivity index (χ4n) is 0.761. The van der Waals surface area contributed by atoms with E-state index in [1.165, 1.54) is 14.2 Å². The van der Waals surface area contributed by atoms with Crippen LogP contribution in [0, 0.1) is 0 Å². The molecule has 0 bridgehead atoms. The van der Waals surface area contributed by atoms with Crippen LogP contribution in [0.15, 0.2) is 0 Å². The molecule has 0 saturated carbocycles. The van der Waals surface area contributed by atoms with Gasteiger partial charge in [-0.25, -0.2) is 12.7 Å². The van der Waals surface area contributed by atoms with E-state index < -0.39 is 22.6 Å². The summed E-state index contributed by atoms with van der Waals surface area (Å²) in [7, 11) is -0.843. The van der Waals surface area contributed by atoms with Crippen molar-refractivity contribution in [2.75, 3.05) is 33.1 Å². The van der Waals surface area contributed by atoms with Gasteiger partial charge in [-0.05, 0) is 0 Å². The van der Waals surface area contributed by atoms with Gasteiger partial charge in [0.05, 0.1) is 25.9 Å². The minimum atomic E-state index is -3.44. The summed E-state index contributed by atoms with van der Waals surface area (Å²) in [5.41, 5.74) is 0. The number of rotatable bonds is 6. The van der Waals surface area contributed by atoms with Gasteiger partial charge in [0.25, 0.3) is 0 Å². The highest BCUT2D eigenvalue weighted by molar-refractivity contribution is 7.89. The molecule has 0 aliphatic rings. The van der Waals surface area contributed by atoms with Crippen molar-refractivity contribution in [1.82, 2.24) is 4.31 Å². The van der Waals surface area contributed by atoms with Crippen LogP contribution in [0.25, 0.3) is 0 Å². The molecular weight excluding hydrogens is 210 g/mol. The quantitative estimate of drug-likeness (QED) is 0.574. The van der Waals surface area contributed by atoms with Crippen LogP contribution in [0.5, 0.6) is 0 Å². The molecule has 0 atom stereocenters. The molecule has 0 aliphatic heterocycles. The van der Waals surface area contributed by atoms with Gasteiger partial charge in [0.1, 0.15) is 0 Å². The van der Waals surface area contributed by atoms with Crippen molar-refractivity contribution < 1.29 is 23.1 Å². The number of aliphatic hydroxyl groups is 1. The Balaban J connectivity index is 4.08. The molecule has 7 heteroatoms. The largest absolute Gasteiger partial charge is 0.469 e. The van der Waals surface area contributed by atoms with Gasteiger partial charge in [0.2, 0.25) is 10.0 Å². The SMILES string of the molecule is COC(=O)CCN(C)S(=O)(=O)CCO. The second-order valence-corrected chi connectivity index (χ2v) is 4.88. The zero-order valence-electron chi connectivity index (χ0n) is 8.26. The Bertz CT molecular complexity index is 274. The summed E-state index contributed by atoms with van der Waals surface area (Å²) >= 11 is 0. The first-order valence-electron chi connectivity index (χ1n) is 4.05. The monoisotopic (exact) mass is 225 g/mol. The summed E-state index contributed by atoms with van der Waals surface area (Å²) in [6.07, 6.45) is 0.0116. The molecule has 14 heavy (non-hydrogen) atoms. The van der Waals surface area contributed by atoms with Crippen LogP contribution in [0.1, 0.15) is 6.42 Å². The molecule has 0 radical (unpaired) electrons. The molecule has 0 aliphatic carbocycles. The lowest BCUT2D eigenvalue weighted by molar-refractivity contribution is -0.140. The summed E-state index contributed by atoms with van der Waals surface area (Å²) in [6, 6.07) is 0. The third-order valence-corrected chi connectivity index (χ3v) is 3.51. The van der Waals surface area contributed by atoms with Gasteiger partial charge in [-0.1, -0.05) is 0 Å². The van der Waals surface area contributed by atoms with Gasteiger partial charge in [0, 0.05) is 13.6 Å². The zero-order valence-corrected chi connectivity index (χ0v) is 9.08. The first kappa shape index (κ1) is 13.3. The molecule has 0 unspecified atom stereocenters. The second kappa shape index (κ2) is 5.94. The maximum atomic E-state index is 11.2. The molecule has 0 aromatic carbocycles. The molecule has 0 rings (SSSR count). The van der Waals surface area contributed by atoms with Crippen molar-refractivity contribution in [3.8, 4) is 0 Å². The molecule has 1 N–H and O–H groups in total. The van der Waals surface area contributed by atoms with Crippen molar-refractivity contribution in [3.05, 3.63) is 0 Å². The average molecular weight is 225 g/mol. The van der Waals surface area contributed by atoms with E-state index in [0.29, 0.717) is 0 Å². The number of sulfonamides is 1. The minimum absolute atomic E-state index is 0.0116. The van der Waals surface area contributed by atoms with E-state index in [-0.39, 0.29) is 18.7 Å². The van der Waals surface area contributed by atoms with Crippen molar-refractivity contribution in [2.45, 2.75) is 6.42 Å². The predicted octanol–water partition coefficient (Wildman–Crippen LogP) is -1.20. The Kier molecular flexibility index (Phi) is 5.66.